The van der Waals surface area contributed by atoms with E-state index in [9.17, 15) is 4.79 Å². The van der Waals surface area contributed by atoms with Gasteiger partial charge in [0.1, 0.15) is 36.6 Å². The molecule has 0 N–H and O–H groups in total. The van der Waals surface area contributed by atoms with Crippen molar-refractivity contribution in [1.82, 2.24) is 0 Å². The summed E-state index contributed by atoms with van der Waals surface area (Å²) in [7, 11) is 2.87. The van der Waals surface area contributed by atoms with Crippen molar-refractivity contribution in [2.24, 2.45) is 0 Å². The summed E-state index contributed by atoms with van der Waals surface area (Å²) in [6, 6.07) is 59.2. The van der Waals surface area contributed by atoms with Crippen LogP contribution < -0.4 is 0 Å². The molecular formula is C57H62O12. The molecule has 0 bridgehead atoms. The normalized spacial score (nSPS) is 24.7. The number of benzene rings is 6. The van der Waals surface area contributed by atoms with Gasteiger partial charge in [0, 0.05) is 13.5 Å². The second kappa shape index (κ2) is 25.8. The molecule has 2 aliphatic heterocycles. The molecule has 9 atom stereocenters. The molecule has 2 fully saturated rings. The molecule has 12 nitrogen and oxygen atoms in total. The van der Waals surface area contributed by atoms with Crippen molar-refractivity contribution >= 4 is 5.97 Å². The Morgan fingerprint density at radius 3 is 1.29 bits per heavy atom. The molecule has 0 aromatic heterocycles. The number of rotatable bonds is 24. The Labute approximate surface area is 405 Å². The fourth-order valence-corrected chi connectivity index (χ4v) is 8.61. The van der Waals surface area contributed by atoms with Crippen LogP contribution in [0, 0.1) is 0 Å². The van der Waals surface area contributed by atoms with Gasteiger partial charge in [0.15, 0.2) is 6.29 Å². The smallest absolute Gasteiger partial charge is 0.366 e. The number of esters is 1. The summed E-state index contributed by atoms with van der Waals surface area (Å²) in [5.41, 5.74) is 5.74. The number of methoxy groups -OCH3 is 2. The van der Waals surface area contributed by atoms with Crippen LogP contribution in [-0.2, 0) is 96.5 Å². The van der Waals surface area contributed by atoms with E-state index in [-0.39, 0.29) is 52.7 Å². The number of hydrogen-bond acceptors (Lipinski definition) is 12. The first kappa shape index (κ1) is 49.8. The summed E-state index contributed by atoms with van der Waals surface area (Å²) in [4.78, 5) is 14.5. The Kier molecular flexibility index (Phi) is 18.7. The van der Waals surface area contributed by atoms with Gasteiger partial charge in [0.05, 0.1) is 66.1 Å². The van der Waals surface area contributed by atoms with Crippen LogP contribution in [-0.4, -0.2) is 88.2 Å². The summed E-state index contributed by atoms with van der Waals surface area (Å²) in [5, 5.41) is 0. The van der Waals surface area contributed by atoms with E-state index in [2.05, 4.69) is 0 Å². The highest BCUT2D eigenvalue weighted by Gasteiger charge is 2.57. The zero-order chi connectivity index (χ0) is 47.5. The van der Waals surface area contributed by atoms with Gasteiger partial charge >= 0.3 is 5.97 Å². The van der Waals surface area contributed by atoms with E-state index in [1.54, 1.807) is 7.11 Å². The van der Waals surface area contributed by atoms with Crippen LogP contribution in [0.2, 0.25) is 0 Å². The second-order valence-electron chi connectivity index (χ2n) is 17.1. The van der Waals surface area contributed by atoms with E-state index in [0.717, 1.165) is 33.4 Å². The lowest BCUT2D eigenvalue weighted by Gasteiger charge is -2.48. The SMILES string of the molecule is COC(=O)[C@@]1(OC[C@H]2O[C@H](OC)[C@H](OCc3ccccc3)[C@@H](OCc3ccccc3)[C@@H]2OCc2ccccc2)C[C@@H](OCc2ccccc2)[C@@H](OCc2ccccc2)[C@@H](COCc2ccccc2)O1. The third-order valence-electron chi connectivity index (χ3n) is 12.2. The molecule has 2 aliphatic rings. The molecule has 0 radical (unpaired) electrons. The van der Waals surface area contributed by atoms with Gasteiger partial charge in [0.2, 0.25) is 0 Å². The molecule has 12 heteroatoms. The van der Waals surface area contributed by atoms with Crippen LogP contribution >= 0.6 is 0 Å². The van der Waals surface area contributed by atoms with E-state index in [4.69, 9.17) is 52.1 Å². The summed E-state index contributed by atoms with van der Waals surface area (Å²) in [6.07, 6.45) is -6.52. The van der Waals surface area contributed by atoms with Crippen LogP contribution in [0.1, 0.15) is 39.8 Å². The first-order valence-corrected chi connectivity index (χ1v) is 23.5. The van der Waals surface area contributed by atoms with Gasteiger partial charge in [-0.3, -0.25) is 0 Å². The van der Waals surface area contributed by atoms with Crippen LogP contribution in [0.15, 0.2) is 182 Å². The predicted molar refractivity (Wildman–Crippen MR) is 257 cm³/mol. The molecule has 0 saturated carbocycles. The lowest BCUT2D eigenvalue weighted by Crippen LogP contribution is -2.64. The maximum Gasteiger partial charge on any atom is 0.366 e. The zero-order valence-electron chi connectivity index (χ0n) is 39.2. The summed E-state index contributed by atoms with van der Waals surface area (Å²) < 4.78 is 72.3. The molecule has 2 heterocycles. The third kappa shape index (κ3) is 14.0. The Hall–Kier alpha value is -5.61. The summed E-state index contributed by atoms with van der Waals surface area (Å²) in [5.74, 6) is -2.77. The van der Waals surface area contributed by atoms with Crippen LogP contribution in [0.25, 0.3) is 0 Å². The van der Waals surface area contributed by atoms with Crippen molar-refractivity contribution in [1.29, 1.82) is 0 Å². The number of carbonyl (C=O) groups is 1. The van der Waals surface area contributed by atoms with Crippen LogP contribution in [0.3, 0.4) is 0 Å². The van der Waals surface area contributed by atoms with E-state index in [0.29, 0.717) is 6.61 Å². The van der Waals surface area contributed by atoms with Gasteiger partial charge in [0.25, 0.3) is 5.79 Å². The average molecular weight is 939 g/mol. The molecule has 362 valence electrons. The molecule has 0 aliphatic carbocycles. The largest absolute Gasteiger partial charge is 0.465 e. The minimum absolute atomic E-state index is 0.0337. The standard InChI is InChI=1S/C57H62O12/c1-59-55-54(66-39-47-31-19-8-20-32-47)53(65-38-46-29-17-7-18-30-46)52(64-37-45-27-15-6-16-28-45)49(68-55)41-67-57(56(58)60-2)33-48(62-35-43-23-11-4-12-24-43)51(63-36-44-25-13-5-14-26-44)50(69-57)40-61-34-42-21-9-3-10-22-42/h3-32,48-55H,33-41H2,1-2H3/t48-,49-,50-,51-,52-,53+,54-,55+,57-/m1/s1. The van der Waals surface area contributed by atoms with Gasteiger partial charge in [-0.05, 0) is 33.4 Å². The maximum atomic E-state index is 14.5. The number of carbonyl (C=O) groups excluding carboxylic acids is 1. The third-order valence-corrected chi connectivity index (χ3v) is 12.2. The van der Waals surface area contributed by atoms with Crippen molar-refractivity contribution in [3.05, 3.63) is 215 Å². The van der Waals surface area contributed by atoms with Gasteiger partial charge in [-0.1, -0.05) is 182 Å². The first-order chi connectivity index (χ1) is 34.0. The minimum Gasteiger partial charge on any atom is -0.465 e. The van der Waals surface area contributed by atoms with E-state index < -0.39 is 60.8 Å². The van der Waals surface area contributed by atoms with Crippen molar-refractivity contribution in [3.63, 3.8) is 0 Å². The molecule has 6 aromatic carbocycles. The summed E-state index contributed by atoms with van der Waals surface area (Å²) >= 11 is 0. The van der Waals surface area contributed by atoms with Gasteiger partial charge in [-0.2, -0.15) is 0 Å². The molecule has 69 heavy (non-hydrogen) atoms. The maximum absolute atomic E-state index is 14.5. The Morgan fingerprint density at radius 2 is 0.855 bits per heavy atom. The van der Waals surface area contributed by atoms with Crippen molar-refractivity contribution in [2.45, 2.75) is 101 Å². The van der Waals surface area contributed by atoms with Crippen molar-refractivity contribution < 1.29 is 56.9 Å². The van der Waals surface area contributed by atoms with E-state index >= 15 is 0 Å². The van der Waals surface area contributed by atoms with Gasteiger partial charge in [-0.15, -0.1) is 0 Å². The first-order valence-electron chi connectivity index (χ1n) is 23.5. The lowest BCUT2D eigenvalue weighted by atomic mass is 9.94. The quantitative estimate of drug-likeness (QED) is 0.0539. The van der Waals surface area contributed by atoms with Crippen molar-refractivity contribution in [2.75, 3.05) is 27.4 Å². The molecule has 6 aromatic rings. The number of ether oxygens (including phenoxy) is 11. The Morgan fingerprint density at radius 1 is 0.464 bits per heavy atom. The highest BCUT2D eigenvalue weighted by molar-refractivity contribution is 5.78. The Bertz CT molecular complexity index is 2360. The Balaban J connectivity index is 1.12. The molecular weight excluding hydrogens is 877 g/mol. The summed E-state index contributed by atoms with van der Waals surface area (Å²) in [6.45, 7) is 1.32. The fourth-order valence-electron chi connectivity index (χ4n) is 8.61. The van der Waals surface area contributed by atoms with Crippen molar-refractivity contribution in [3.8, 4) is 0 Å². The number of hydrogen-bond donors (Lipinski definition) is 0. The molecule has 0 amide bonds. The molecule has 0 spiro atoms. The molecule has 2 saturated heterocycles. The molecule has 8 rings (SSSR count). The van der Waals surface area contributed by atoms with Gasteiger partial charge < -0.3 is 52.1 Å². The van der Waals surface area contributed by atoms with Gasteiger partial charge in [-0.25, -0.2) is 4.79 Å². The molecule has 0 unspecified atom stereocenters. The lowest BCUT2D eigenvalue weighted by molar-refractivity contribution is -0.353. The second-order valence-corrected chi connectivity index (χ2v) is 17.1. The predicted octanol–water partition coefficient (Wildman–Crippen LogP) is 9.18. The monoisotopic (exact) mass is 938 g/mol. The van der Waals surface area contributed by atoms with E-state index in [1.165, 1.54) is 7.11 Å². The van der Waals surface area contributed by atoms with E-state index in [1.807, 2.05) is 182 Å². The van der Waals surface area contributed by atoms with Crippen LogP contribution in [0.4, 0.5) is 0 Å². The highest BCUT2D eigenvalue weighted by atomic mass is 16.8. The zero-order valence-corrected chi connectivity index (χ0v) is 39.2. The topological polar surface area (TPSA) is 119 Å². The highest BCUT2D eigenvalue weighted by Crippen LogP contribution is 2.38. The van der Waals surface area contributed by atoms with Crippen LogP contribution in [0.5, 0.6) is 0 Å². The fraction of sp³-hybridized carbons (Fsp3) is 0.351. The average Bonchev–Trinajstić information content (AvgIpc) is 3.41. The minimum atomic E-state index is -2.01.